The van der Waals surface area contributed by atoms with Crippen LogP contribution in [-0.2, 0) is 19.4 Å². The summed E-state index contributed by atoms with van der Waals surface area (Å²) in [6.07, 6.45) is 4.88. The Bertz CT molecular complexity index is 622. The predicted molar refractivity (Wildman–Crippen MR) is 81.0 cm³/mol. The van der Waals surface area contributed by atoms with Gasteiger partial charge in [-0.1, -0.05) is 12.1 Å². The Morgan fingerprint density at radius 1 is 1.15 bits per heavy atom. The summed E-state index contributed by atoms with van der Waals surface area (Å²) in [5, 5.41) is 13.3. The van der Waals surface area contributed by atoms with E-state index in [0.717, 1.165) is 12.1 Å². The van der Waals surface area contributed by atoms with Crippen molar-refractivity contribution in [3.63, 3.8) is 0 Å². The van der Waals surface area contributed by atoms with Crippen molar-refractivity contribution in [2.24, 2.45) is 0 Å². The first-order valence-electron chi connectivity index (χ1n) is 7.24. The Morgan fingerprint density at radius 2 is 2.00 bits per heavy atom. The Kier molecular flexibility index (Phi) is 3.59. The molecule has 3 nitrogen and oxygen atoms in total. The molecule has 0 spiro atoms. The first kappa shape index (κ1) is 13.0. The number of nitrogens with one attached hydrogen (secondary N) is 1. The summed E-state index contributed by atoms with van der Waals surface area (Å²) in [4.78, 5) is 4.39. The number of rotatable bonds is 3. The van der Waals surface area contributed by atoms with Crippen molar-refractivity contribution in [3.05, 3.63) is 52.8 Å². The van der Waals surface area contributed by atoms with E-state index in [4.69, 9.17) is 0 Å². The molecule has 0 bridgehead atoms. The van der Waals surface area contributed by atoms with Crippen LogP contribution in [0.25, 0.3) is 0 Å². The van der Waals surface area contributed by atoms with E-state index in [1.165, 1.54) is 36.1 Å². The van der Waals surface area contributed by atoms with Gasteiger partial charge in [0.1, 0.15) is 11.4 Å². The molecule has 20 heavy (non-hydrogen) atoms. The van der Waals surface area contributed by atoms with E-state index in [2.05, 4.69) is 28.5 Å². The highest BCUT2D eigenvalue weighted by atomic mass is 16.3. The van der Waals surface area contributed by atoms with E-state index in [1.54, 1.807) is 6.07 Å². The van der Waals surface area contributed by atoms with Crippen LogP contribution in [0.3, 0.4) is 0 Å². The molecule has 104 valence electrons. The molecular formula is C17H20N2O. The fourth-order valence-electron chi connectivity index (χ4n) is 2.86. The van der Waals surface area contributed by atoms with E-state index in [-0.39, 0.29) is 5.75 Å². The minimum absolute atomic E-state index is 0.257. The number of pyridine rings is 1. The van der Waals surface area contributed by atoms with E-state index in [1.807, 2.05) is 13.0 Å². The topological polar surface area (TPSA) is 45.1 Å². The largest absolute Gasteiger partial charge is 0.506 e. The Morgan fingerprint density at radius 3 is 2.90 bits per heavy atom. The van der Waals surface area contributed by atoms with Crippen LogP contribution in [-0.4, -0.2) is 10.1 Å². The summed E-state index contributed by atoms with van der Waals surface area (Å²) in [5.74, 6) is 0.257. The van der Waals surface area contributed by atoms with Crippen LogP contribution in [0.1, 0.15) is 35.4 Å². The second-order valence-corrected chi connectivity index (χ2v) is 5.42. The lowest BCUT2D eigenvalue weighted by Crippen LogP contribution is -2.09. The number of hydrogen-bond acceptors (Lipinski definition) is 3. The normalized spacial score (nSPS) is 13.8. The van der Waals surface area contributed by atoms with Gasteiger partial charge in [0.05, 0.1) is 6.54 Å². The molecule has 2 N–H and O–H groups in total. The molecular weight excluding hydrogens is 248 g/mol. The number of fused-ring (bicyclic) bond motifs is 1. The van der Waals surface area contributed by atoms with Crippen molar-refractivity contribution in [2.75, 3.05) is 5.32 Å². The highest BCUT2D eigenvalue weighted by molar-refractivity contribution is 5.56. The van der Waals surface area contributed by atoms with Gasteiger partial charge in [0.2, 0.25) is 0 Å². The molecule has 1 heterocycles. The molecule has 0 aliphatic heterocycles. The van der Waals surface area contributed by atoms with Gasteiger partial charge >= 0.3 is 0 Å². The molecule has 0 fully saturated rings. The zero-order valence-corrected chi connectivity index (χ0v) is 11.8. The van der Waals surface area contributed by atoms with Crippen molar-refractivity contribution >= 4 is 5.69 Å². The molecule has 2 aromatic rings. The average Bonchev–Trinajstić information content (AvgIpc) is 2.48. The number of hydrogen-bond donors (Lipinski definition) is 2. The van der Waals surface area contributed by atoms with Crippen molar-refractivity contribution in [1.29, 1.82) is 0 Å². The predicted octanol–water partition coefficient (Wildman–Crippen LogP) is 3.59. The van der Waals surface area contributed by atoms with Crippen molar-refractivity contribution < 1.29 is 5.11 Å². The summed E-state index contributed by atoms with van der Waals surface area (Å²) in [6.45, 7) is 2.50. The average molecular weight is 268 g/mol. The second kappa shape index (κ2) is 5.53. The molecule has 3 heteroatoms. The summed E-state index contributed by atoms with van der Waals surface area (Å²) in [5.41, 5.74) is 5.71. The standard InChI is InChI=1S/C17H20N2O/c1-12-9-10-17(20)16(19-12)11-18-15-8-4-6-13-5-2-3-7-14(13)15/h4,6,8-10,18,20H,2-3,5,7,11H2,1H3. The molecule has 1 aliphatic carbocycles. The lowest BCUT2D eigenvalue weighted by atomic mass is 9.90. The van der Waals surface area contributed by atoms with Crippen molar-refractivity contribution in [1.82, 2.24) is 4.98 Å². The van der Waals surface area contributed by atoms with Crippen molar-refractivity contribution in [2.45, 2.75) is 39.2 Å². The number of nitrogens with zero attached hydrogens (tertiary/aromatic N) is 1. The van der Waals surface area contributed by atoms with Crippen LogP contribution < -0.4 is 5.32 Å². The van der Waals surface area contributed by atoms with Crippen molar-refractivity contribution in [3.8, 4) is 5.75 Å². The highest BCUT2D eigenvalue weighted by Crippen LogP contribution is 2.28. The Hall–Kier alpha value is -2.03. The van der Waals surface area contributed by atoms with Crippen LogP contribution in [0.15, 0.2) is 30.3 Å². The van der Waals surface area contributed by atoms with Gasteiger partial charge in [-0.2, -0.15) is 0 Å². The van der Waals surface area contributed by atoms with Gasteiger partial charge in [-0.15, -0.1) is 0 Å². The smallest absolute Gasteiger partial charge is 0.138 e. The minimum atomic E-state index is 0.257. The number of aromatic hydroxyl groups is 1. The summed E-state index contributed by atoms with van der Waals surface area (Å²) in [6, 6.07) is 9.98. The number of benzene rings is 1. The fourth-order valence-corrected chi connectivity index (χ4v) is 2.86. The molecule has 0 saturated carbocycles. The Labute approximate surface area is 119 Å². The van der Waals surface area contributed by atoms with Gasteiger partial charge in [0.15, 0.2) is 0 Å². The quantitative estimate of drug-likeness (QED) is 0.894. The van der Waals surface area contributed by atoms with Gasteiger partial charge < -0.3 is 10.4 Å². The van der Waals surface area contributed by atoms with E-state index < -0.39 is 0 Å². The summed E-state index contributed by atoms with van der Waals surface area (Å²) < 4.78 is 0. The van der Waals surface area contributed by atoms with Gasteiger partial charge in [-0.25, -0.2) is 0 Å². The lowest BCUT2D eigenvalue weighted by Gasteiger charge is -2.20. The first-order valence-corrected chi connectivity index (χ1v) is 7.24. The molecule has 3 rings (SSSR count). The SMILES string of the molecule is Cc1ccc(O)c(CNc2cccc3c2CCCC3)n1. The number of aromatic nitrogens is 1. The monoisotopic (exact) mass is 268 g/mol. The maximum absolute atomic E-state index is 9.85. The molecule has 1 aliphatic rings. The van der Waals surface area contributed by atoms with Gasteiger partial charge in [-0.3, -0.25) is 4.98 Å². The summed E-state index contributed by atoms with van der Waals surface area (Å²) in [7, 11) is 0. The van der Waals surface area contributed by atoms with E-state index in [0.29, 0.717) is 12.2 Å². The Balaban J connectivity index is 1.80. The minimum Gasteiger partial charge on any atom is -0.506 e. The number of anilines is 1. The number of aryl methyl sites for hydroxylation is 2. The van der Waals surface area contributed by atoms with Gasteiger partial charge in [-0.05, 0) is 61.9 Å². The third-order valence-corrected chi connectivity index (χ3v) is 3.93. The maximum atomic E-state index is 9.85. The van der Waals surface area contributed by atoms with E-state index in [9.17, 15) is 5.11 Å². The molecule has 0 atom stereocenters. The fraction of sp³-hybridized carbons (Fsp3) is 0.353. The second-order valence-electron chi connectivity index (χ2n) is 5.42. The zero-order valence-electron chi connectivity index (χ0n) is 11.8. The summed E-state index contributed by atoms with van der Waals surface area (Å²) >= 11 is 0. The van der Waals surface area contributed by atoms with Crippen LogP contribution in [0.5, 0.6) is 5.75 Å². The third-order valence-electron chi connectivity index (χ3n) is 3.93. The lowest BCUT2D eigenvalue weighted by molar-refractivity contribution is 0.464. The first-order chi connectivity index (χ1) is 9.74. The van der Waals surface area contributed by atoms with Crippen LogP contribution in [0, 0.1) is 6.92 Å². The highest BCUT2D eigenvalue weighted by Gasteiger charge is 2.13. The van der Waals surface area contributed by atoms with E-state index >= 15 is 0 Å². The third kappa shape index (κ3) is 2.62. The van der Waals surface area contributed by atoms with Crippen LogP contribution >= 0.6 is 0 Å². The molecule has 0 unspecified atom stereocenters. The van der Waals surface area contributed by atoms with Crippen LogP contribution in [0.4, 0.5) is 5.69 Å². The molecule has 0 radical (unpaired) electrons. The van der Waals surface area contributed by atoms with Gasteiger partial charge in [0, 0.05) is 11.4 Å². The zero-order chi connectivity index (χ0) is 13.9. The molecule has 1 aromatic heterocycles. The maximum Gasteiger partial charge on any atom is 0.138 e. The molecule has 1 aromatic carbocycles. The molecule has 0 amide bonds. The van der Waals surface area contributed by atoms with Gasteiger partial charge in [0.25, 0.3) is 0 Å². The molecule has 0 saturated heterocycles. The van der Waals surface area contributed by atoms with Crippen LogP contribution in [0.2, 0.25) is 0 Å².